The number of aromatic amines is 1. The van der Waals surface area contributed by atoms with Gasteiger partial charge in [0.25, 0.3) is 0 Å². The van der Waals surface area contributed by atoms with Crippen molar-refractivity contribution >= 4 is 23.8 Å². The molecule has 1 aromatic heterocycles. The number of nitrogens with one attached hydrogen (secondary N) is 2. The van der Waals surface area contributed by atoms with Crippen LogP contribution in [-0.4, -0.2) is 20.7 Å². The number of nitrogens with zero attached hydrogens (tertiary/aromatic N) is 2. The number of para-hydroxylation sites is 1. The fourth-order valence-corrected chi connectivity index (χ4v) is 2.19. The van der Waals surface area contributed by atoms with E-state index in [2.05, 4.69) is 22.4 Å². The summed E-state index contributed by atoms with van der Waals surface area (Å²) in [5, 5.41) is 9.78. The predicted molar refractivity (Wildman–Crippen MR) is 81.2 cm³/mol. The van der Waals surface area contributed by atoms with E-state index in [0.29, 0.717) is 4.77 Å². The van der Waals surface area contributed by atoms with E-state index in [4.69, 9.17) is 12.2 Å². The Morgan fingerprint density at radius 3 is 2.90 bits per heavy atom. The minimum absolute atomic E-state index is 0.103. The molecule has 0 atom stereocenters. The Balaban J connectivity index is 2.11. The van der Waals surface area contributed by atoms with Crippen molar-refractivity contribution in [2.45, 2.75) is 33.2 Å². The third kappa shape index (κ3) is 3.33. The molecule has 2 N–H and O–H groups in total. The van der Waals surface area contributed by atoms with Crippen molar-refractivity contribution < 1.29 is 4.79 Å². The normalized spacial score (nSPS) is 10.5. The van der Waals surface area contributed by atoms with Gasteiger partial charge >= 0.3 is 0 Å². The van der Waals surface area contributed by atoms with E-state index in [9.17, 15) is 4.79 Å². The zero-order chi connectivity index (χ0) is 14.5. The van der Waals surface area contributed by atoms with Crippen LogP contribution in [0.2, 0.25) is 0 Å². The Labute approximate surface area is 123 Å². The average molecular weight is 290 g/mol. The van der Waals surface area contributed by atoms with Crippen molar-refractivity contribution in [3.8, 4) is 0 Å². The second kappa shape index (κ2) is 6.47. The smallest absolute Gasteiger partial charge is 0.244 e. The van der Waals surface area contributed by atoms with E-state index < -0.39 is 0 Å². The van der Waals surface area contributed by atoms with Crippen molar-refractivity contribution in [3.05, 3.63) is 40.4 Å². The van der Waals surface area contributed by atoms with E-state index in [-0.39, 0.29) is 12.5 Å². The van der Waals surface area contributed by atoms with Crippen molar-refractivity contribution in [1.82, 2.24) is 14.8 Å². The minimum Gasteiger partial charge on any atom is -0.324 e. The topological polar surface area (TPSA) is 62.7 Å². The van der Waals surface area contributed by atoms with Crippen LogP contribution >= 0.6 is 12.2 Å². The number of carbonyl (C=O) groups excluding carboxylic acids is 1. The second-order valence-electron chi connectivity index (χ2n) is 4.64. The van der Waals surface area contributed by atoms with Gasteiger partial charge in [-0.1, -0.05) is 25.1 Å². The summed E-state index contributed by atoms with van der Waals surface area (Å²) in [4.78, 5) is 12.1. The van der Waals surface area contributed by atoms with Crippen LogP contribution in [0.15, 0.2) is 24.3 Å². The molecule has 0 fully saturated rings. The first-order valence-electron chi connectivity index (χ1n) is 6.61. The fourth-order valence-electron chi connectivity index (χ4n) is 1.97. The number of anilines is 1. The molecule has 0 bridgehead atoms. The highest BCUT2D eigenvalue weighted by Crippen LogP contribution is 2.13. The van der Waals surface area contributed by atoms with Crippen LogP contribution in [0.5, 0.6) is 0 Å². The molecule has 0 aliphatic rings. The molecule has 20 heavy (non-hydrogen) atoms. The number of aromatic nitrogens is 3. The molecule has 5 nitrogen and oxygen atoms in total. The molecule has 1 heterocycles. The third-order valence-electron chi connectivity index (χ3n) is 3.03. The van der Waals surface area contributed by atoms with Crippen LogP contribution in [0.25, 0.3) is 0 Å². The van der Waals surface area contributed by atoms with E-state index >= 15 is 0 Å². The van der Waals surface area contributed by atoms with Crippen LogP contribution in [-0.2, 0) is 17.8 Å². The van der Waals surface area contributed by atoms with E-state index in [1.807, 2.05) is 31.2 Å². The number of amides is 1. The first-order valence-corrected chi connectivity index (χ1v) is 7.02. The maximum atomic E-state index is 12.1. The number of H-pyrrole nitrogens is 1. The lowest BCUT2D eigenvalue weighted by Gasteiger charge is -2.09. The maximum Gasteiger partial charge on any atom is 0.244 e. The molecule has 0 unspecified atom stereocenters. The summed E-state index contributed by atoms with van der Waals surface area (Å²) in [5.74, 6) is 0.714. The molecule has 0 radical (unpaired) electrons. The Morgan fingerprint density at radius 1 is 1.45 bits per heavy atom. The largest absolute Gasteiger partial charge is 0.324 e. The van der Waals surface area contributed by atoms with Gasteiger partial charge in [-0.15, -0.1) is 0 Å². The van der Waals surface area contributed by atoms with Crippen LogP contribution in [0, 0.1) is 11.7 Å². The van der Waals surface area contributed by atoms with Gasteiger partial charge in [-0.25, -0.2) is 0 Å². The monoisotopic (exact) mass is 290 g/mol. The number of hydrogen-bond donors (Lipinski definition) is 2. The van der Waals surface area contributed by atoms with Crippen molar-refractivity contribution in [3.63, 3.8) is 0 Å². The van der Waals surface area contributed by atoms with Crippen molar-refractivity contribution in [2.75, 3.05) is 5.32 Å². The van der Waals surface area contributed by atoms with Gasteiger partial charge in [0.1, 0.15) is 12.4 Å². The van der Waals surface area contributed by atoms with Crippen LogP contribution in [0.1, 0.15) is 24.7 Å². The van der Waals surface area contributed by atoms with Gasteiger partial charge < -0.3 is 5.32 Å². The zero-order valence-electron chi connectivity index (χ0n) is 11.6. The van der Waals surface area contributed by atoms with Crippen molar-refractivity contribution in [2.24, 2.45) is 0 Å². The Kier molecular flexibility index (Phi) is 4.68. The number of carbonyl (C=O) groups is 1. The molecule has 2 rings (SSSR count). The third-order valence-corrected chi connectivity index (χ3v) is 3.34. The number of aryl methyl sites for hydroxylation is 2. The summed E-state index contributed by atoms with van der Waals surface area (Å²) in [7, 11) is 0. The summed E-state index contributed by atoms with van der Waals surface area (Å²) in [5.41, 5.74) is 1.86. The molecular formula is C14H18N4OS. The fraction of sp³-hybridized carbons (Fsp3) is 0.357. The zero-order valence-corrected chi connectivity index (χ0v) is 12.5. The Morgan fingerprint density at radius 2 is 2.20 bits per heavy atom. The average Bonchev–Trinajstić information content (AvgIpc) is 2.75. The highest BCUT2D eigenvalue weighted by molar-refractivity contribution is 7.71. The van der Waals surface area contributed by atoms with Crippen LogP contribution in [0.4, 0.5) is 5.69 Å². The van der Waals surface area contributed by atoms with Gasteiger partial charge in [0.2, 0.25) is 5.91 Å². The highest BCUT2D eigenvalue weighted by Gasteiger charge is 2.10. The first-order chi connectivity index (χ1) is 9.61. The lowest BCUT2D eigenvalue weighted by atomic mass is 10.2. The molecule has 0 aliphatic heterocycles. The highest BCUT2D eigenvalue weighted by atomic mass is 32.1. The molecule has 0 spiro atoms. The number of rotatable bonds is 5. The van der Waals surface area contributed by atoms with Crippen molar-refractivity contribution in [1.29, 1.82) is 0 Å². The van der Waals surface area contributed by atoms with Gasteiger partial charge in [0.15, 0.2) is 4.77 Å². The Bertz CT molecular complexity index is 659. The van der Waals surface area contributed by atoms with E-state index in [0.717, 1.165) is 29.9 Å². The quantitative estimate of drug-likeness (QED) is 0.832. The molecule has 0 saturated heterocycles. The van der Waals surface area contributed by atoms with Crippen LogP contribution in [0.3, 0.4) is 0 Å². The molecule has 106 valence electrons. The van der Waals surface area contributed by atoms with E-state index in [1.54, 1.807) is 4.57 Å². The maximum absolute atomic E-state index is 12.1. The molecule has 1 amide bonds. The van der Waals surface area contributed by atoms with Gasteiger partial charge in [-0.2, -0.15) is 5.10 Å². The lowest BCUT2D eigenvalue weighted by molar-refractivity contribution is -0.116. The second-order valence-corrected chi connectivity index (χ2v) is 5.03. The summed E-state index contributed by atoms with van der Waals surface area (Å²) in [6.45, 7) is 4.20. The van der Waals surface area contributed by atoms with E-state index in [1.165, 1.54) is 0 Å². The standard InChI is InChI=1S/C14H18N4OS/c1-3-6-12-16-17-14(20)18(12)9-13(19)15-11-8-5-4-7-10(11)2/h4-5,7-8H,3,6,9H2,1-2H3,(H,15,19)(H,17,20). The molecule has 2 aromatic rings. The summed E-state index contributed by atoms with van der Waals surface area (Å²) < 4.78 is 2.22. The summed E-state index contributed by atoms with van der Waals surface area (Å²) in [6, 6.07) is 7.68. The molecule has 0 aliphatic carbocycles. The Hall–Kier alpha value is -1.95. The van der Waals surface area contributed by atoms with Gasteiger partial charge in [0.05, 0.1) is 0 Å². The SMILES string of the molecule is CCCc1n[nH]c(=S)n1CC(=O)Nc1ccccc1C. The van der Waals surface area contributed by atoms with Gasteiger partial charge in [-0.05, 0) is 37.2 Å². The summed E-state index contributed by atoms with van der Waals surface area (Å²) >= 11 is 5.16. The predicted octanol–water partition coefficient (Wildman–Crippen LogP) is 2.84. The minimum atomic E-state index is -0.103. The number of hydrogen-bond acceptors (Lipinski definition) is 3. The van der Waals surface area contributed by atoms with Gasteiger partial charge in [0, 0.05) is 12.1 Å². The molecule has 0 saturated carbocycles. The summed E-state index contributed by atoms with van der Waals surface area (Å²) in [6.07, 6.45) is 1.75. The molecule has 6 heteroatoms. The van der Waals surface area contributed by atoms with Crippen LogP contribution < -0.4 is 5.32 Å². The molecule has 1 aromatic carbocycles. The number of benzene rings is 1. The lowest BCUT2D eigenvalue weighted by Crippen LogP contribution is -2.20. The molecular weight excluding hydrogens is 272 g/mol. The first kappa shape index (κ1) is 14.5. The van der Waals surface area contributed by atoms with Gasteiger partial charge in [-0.3, -0.25) is 14.5 Å².